The first kappa shape index (κ1) is 23.8. The zero-order valence-electron chi connectivity index (χ0n) is 19.7. The maximum Gasteiger partial charge on any atom is 0.407 e. The average molecular weight is 465 g/mol. The van der Waals surface area contributed by atoms with Gasteiger partial charge in [0.15, 0.2) is 0 Å². The van der Waals surface area contributed by atoms with Crippen LogP contribution in [0, 0.1) is 5.92 Å². The lowest BCUT2D eigenvalue weighted by atomic mass is 9.91. The van der Waals surface area contributed by atoms with Crippen molar-refractivity contribution in [1.82, 2.24) is 10.6 Å². The lowest BCUT2D eigenvalue weighted by molar-refractivity contribution is -0.148. The Morgan fingerprint density at radius 2 is 1.56 bits per heavy atom. The van der Waals surface area contributed by atoms with Gasteiger partial charge in [-0.25, -0.2) is 9.59 Å². The molecule has 2 aromatic rings. The van der Waals surface area contributed by atoms with Gasteiger partial charge in [0.1, 0.15) is 12.1 Å². The van der Waals surface area contributed by atoms with Crippen molar-refractivity contribution in [3.8, 4) is 11.1 Å². The first-order valence-electron chi connectivity index (χ1n) is 12.1. The Bertz CT molecular complexity index is 1030. The van der Waals surface area contributed by atoms with E-state index < -0.39 is 23.5 Å². The summed E-state index contributed by atoms with van der Waals surface area (Å²) in [7, 11) is 0. The number of ether oxygens (including phenoxy) is 1. The van der Waals surface area contributed by atoms with Gasteiger partial charge in [-0.2, -0.15) is 0 Å². The molecule has 2 amide bonds. The number of rotatable bonds is 8. The molecule has 7 nitrogen and oxygen atoms in total. The molecule has 2 aliphatic carbocycles. The zero-order chi connectivity index (χ0) is 24.3. The molecule has 2 unspecified atom stereocenters. The quantitative estimate of drug-likeness (QED) is 0.535. The van der Waals surface area contributed by atoms with Crippen LogP contribution in [0.5, 0.6) is 0 Å². The van der Waals surface area contributed by atoms with Gasteiger partial charge in [-0.15, -0.1) is 0 Å². The summed E-state index contributed by atoms with van der Waals surface area (Å²) >= 11 is 0. The summed E-state index contributed by atoms with van der Waals surface area (Å²) in [5.74, 6) is -1.87. The topological polar surface area (TPSA) is 105 Å². The number of benzene rings is 2. The number of carbonyl (C=O) groups excluding carboxylic acids is 2. The molecule has 0 aliphatic heterocycles. The lowest BCUT2D eigenvalue weighted by Gasteiger charge is -2.30. The summed E-state index contributed by atoms with van der Waals surface area (Å²) in [4.78, 5) is 37.4. The van der Waals surface area contributed by atoms with E-state index in [1.165, 1.54) is 0 Å². The van der Waals surface area contributed by atoms with Crippen molar-refractivity contribution < 1.29 is 24.2 Å². The first-order valence-corrected chi connectivity index (χ1v) is 12.1. The van der Waals surface area contributed by atoms with Gasteiger partial charge in [-0.3, -0.25) is 4.79 Å². The van der Waals surface area contributed by atoms with Gasteiger partial charge in [0, 0.05) is 12.0 Å². The normalized spacial score (nSPS) is 19.2. The van der Waals surface area contributed by atoms with Crippen LogP contribution in [0.3, 0.4) is 0 Å². The second-order valence-electron chi connectivity index (χ2n) is 9.20. The molecule has 0 heterocycles. The van der Waals surface area contributed by atoms with E-state index in [9.17, 15) is 19.5 Å². The molecule has 180 valence electrons. The molecular formula is C27H32N2O5. The summed E-state index contributed by atoms with van der Waals surface area (Å²) in [6, 6.07) is 15.9. The predicted molar refractivity (Wildman–Crippen MR) is 128 cm³/mol. The van der Waals surface area contributed by atoms with Crippen molar-refractivity contribution in [2.24, 2.45) is 5.92 Å². The molecule has 0 radical (unpaired) electrons. The second kappa shape index (κ2) is 9.87. The largest absolute Gasteiger partial charge is 0.480 e. The average Bonchev–Trinajstić information content (AvgIpc) is 3.43. The number of carbonyl (C=O) groups is 3. The summed E-state index contributed by atoms with van der Waals surface area (Å²) in [5.41, 5.74) is 3.31. The van der Waals surface area contributed by atoms with E-state index in [4.69, 9.17) is 4.74 Å². The van der Waals surface area contributed by atoms with Crippen molar-refractivity contribution in [2.45, 2.75) is 63.5 Å². The Hall–Kier alpha value is -3.35. The second-order valence-corrected chi connectivity index (χ2v) is 9.20. The SMILES string of the molecule is CCC(CC)(NC(=O)C1CCCC1NC(=O)OCC1c2ccccc2-c2ccccc21)C(=O)O. The van der Waals surface area contributed by atoms with E-state index >= 15 is 0 Å². The molecular weight excluding hydrogens is 432 g/mol. The number of fused-ring (bicyclic) bond motifs is 3. The fourth-order valence-corrected chi connectivity index (χ4v) is 5.35. The number of carboxylic acid groups (broad SMARTS) is 1. The number of hydrogen-bond acceptors (Lipinski definition) is 4. The van der Waals surface area contributed by atoms with Crippen molar-refractivity contribution in [1.29, 1.82) is 0 Å². The Labute approximate surface area is 199 Å². The van der Waals surface area contributed by atoms with Gasteiger partial charge >= 0.3 is 12.1 Å². The highest BCUT2D eigenvalue weighted by molar-refractivity contribution is 5.89. The number of amides is 2. The molecule has 0 saturated heterocycles. The molecule has 34 heavy (non-hydrogen) atoms. The van der Waals surface area contributed by atoms with E-state index in [1.807, 2.05) is 24.3 Å². The van der Waals surface area contributed by atoms with Crippen LogP contribution in [0.25, 0.3) is 11.1 Å². The molecule has 7 heteroatoms. The number of hydrogen-bond donors (Lipinski definition) is 3. The van der Waals surface area contributed by atoms with Crippen LogP contribution in [0.2, 0.25) is 0 Å². The highest BCUT2D eigenvalue weighted by Crippen LogP contribution is 2.44. The summed E-state index contributed by atoms with van der Waals surface area (Å²) in [5, 5.41) is 15.2. The first-order chi connectivity index (χ1) is 16.4. The third-order valence-electron chi connectivity index (χ3n) is 7.48. The minimum absolute atomic E-state index is 0.0360. The van der Waals surface area contributed by atoms with Crippen LogP contribution in [0.1, 0.15) is 63.0 Å². The Balaban J connectivity index is 1.39. The number of alkyl carbamates (subject to hydrolysis) is 1. The summed E-state index contributed by atoms with van der Waals surface area (Å²) in [6.45, 7) is 3.70. The third kappa shape index (κ3) is 4.39. The highest BCUT2D eigenvalue weighted by Gasteiger charge is 2.41. The molecule has 1 saturated carbocycles. The van der Waals surface area contributed by atoms with Crippen LogP contribution in [-0.4, -0.2) is 41.3 Å². The number of aliphatic carboxylic acids is 1. The molecule has 0 aromatic heterocycles. The molecule has 1 fully saturated rings. The van der Waals surface area contributed by atoms with Crippen molar-refractivity contribution in [3.05, 3.63) is 59.7 Å². The van der Waals surface area contributed by atoms with Gasteiger partial charge in [-0.05, 0) is 47.9 Å². The maximum absolute atomic E-state index is 13.0. The van der Waals surface area contributed by atoms with Crippen LogP contribution in [0.4, 0.5) is 4.79 Å². The lowest BCUT2D eigenvalue weighted by Crippen LogP contribution is -2.57. The third-order valence-corrected chi connectivity index (χ3v) is 7.48. The highest BCUT2D eigenvalue weighted by atomic mass is 16.5. The van der Waals surface area contributed by atoms with Crippen LogP contribution >= 0.6 is 0 Å². The molecule has 2 atom stereocenters. The van der Waals surface area contributed by atoms with Crippen molar-refractivity contribution in [3.63, 3.8) is 0 Å². The minimum atomic E-state index is -1.28. The van der Waals surface area contributed by atoms with Gasteiger partial charge in [0.2, 0.25) is 5.91 Å². The van der Waals surface area contributed by atoms with E-state index in [-0.39, 0.29) is 24.5 Å². The minimum Gasteiger partial charge on any atom is -0.480 e. The van der Waals surface area contributed by atoms with Crippen LogP contribution in [-0.2, 0) is 14.3 Å². The molecule has 4 rings (SSSR count). The molecule has 0 bridgehead atoms. The van der Waals surface area contributed by atoms with E-state index in [1.54, 1.807) is 13.8 Å². The van der Waals surface area contributed by atoms with Crippen molar-refractivity contribution >= 4 is 18.0 Å². The van der Waals surface area contributed by atoms with Crippen LogP contribution in [0.15, 0.2) is 48.5 Å². The summed E-state index contributed by atoms with van der Waals surface area (Å²) in [6.07, 6.45) is 2.07. The Kier molecular flexibility index (Phi) is 6.91. The van der Waals surface area contributed by atoms with E-state index in [0.29, 0.717) is 25.7 Å². The Morgan fingerprint density at radius 1 is 0.971 bits per heavy atom. The van der Waals surface area contributed by atoms with Crippen LogP contribution < -0.4 is 10.6 Å². The molecule has 2 aromatic carbocycles. The van der Waals surface area contributed by atoms with E-state index in [0.717, 1.165) is 28.7 Å². The fraction of sp³-hybridized carbons (Fsp3) is 0.444. The maximum atomic E-state index is 13.0. The Morgan fingerprint density at radius 3 is 2.12 bits per heavy atom. The van der Waals surface area contributed by atoms with Gasteiger partial charge in [0.05, 0.1) is 5.92 Å². The standard InChI is InChI=1S/C27H32N2O5/c1-3-27(4-2,25(31)32)29-24(30)21-14-9-15-23(21)28-26(33)34-16-22-19-12-7-5-10-17(19)18-11-6-8-13-20(18)22/h5-8,10-13,21-23H,3-4,9,14-16H2,1-2H3,(H,28,33)(H,29,30)(H,31,32). The molecule has 3 N–H and O–H groups in total. The van der Waals surface area contributed by atoms with Crippen molar-refractivity contribution in [2.75, 3.05) is 6.61 Å². The number of nitrogens with one attached hydrogen (secondary N) is 2. The van der Waals surface area contributed by atoms with Gasteiger partial charge in [-0.1, -0.05) is 68.8 Å². The summed E-state index contributed by atoms with van der Waals surface area (Å²) < 4.78 is 5.64. The monoisotopic (exact) mass is 464 g/mol. The number of carboxylic acids is 1. The molecule has 0 spiro atoms. The molecule has 2 aliphatic rings. The zero-order valence-corrected chi connectivity index (χ0v) is 19.7. The van der Waals surface area contributed by atoms with Gasteiger partial charge in [0.25, 0.3) is 0 Å². The smallest absolute Gasteiger partial charge is 0.407 e. The predicted octanol–water partition coefficient (Wildman–Crippen LogP) is 4.45. The van der Waals surface area contributed by atoms with E-state index in [2.05, 4.69) is 34.9 Å². The fourth-order valence-electron chi connectivity index (χ4n) is 5.35. The van der Waals surface area contributed by atoms with Gasteiger partial charge < -0.3 is 20.5 Å².